The zero-order chi connectivity index (χ0) is 18.5. The van der Waals surface area contributed by atoms with Gasteiger partial charge in [-0.25, -0.2) is 10.1 Å². The zero-order valence-electron chi connectivity index (χ0n) is 13.9. The largest absolute Gasteiger partial charge is 0.495 e. The van der Waals surface area contributed by atoms with Crippen LogP contribution in [0.1, 0.15) is 5.69 Å². The van der Waals surface area contributed by atoms with E-state index in [1.807, 2.05) is 0 Å². The van der Waals surface area contributed by atoms with Gasteiger partial charge in [0, 0.05) is 6.54 Å². The van der Waals surface area contributed by atoms with E-state index in [0.29, 0.717) is 52.6 Å². The maximum Gasteiger partial charge on any atom is 0.233 e. The van der Waals surface area contributed by atoms with E-state index in [0.717, 1.165) is 0 Å². The highest BCUT2D eigenvalue weighted by Crippen LogP contribution is 2.33. The third kappa shape index (κ3) is 4.07. The predicted molar refractivity (Wildman–Crippen MR) is 98.6 cm³/mol. The van der Waals surface area contributed by atoms with Gasteiger partial charge in [0.25, 0.3) is 0 Å². The third-order valence-corrected chi connectivity index (χ3v) is 4.31. The number of hydroxylamine groups is 2. The summed E-state index contributed by atoms with van der Waals surface area (Å²) in [6.07, 6.45) is 2.30. The number of rotatable bonds is 6. The highest BCUT2D eigenvalue weighted by Gasteiger charge is 2.28. The molecule has 2 aromatic rings. The second-order valence-corrected chi connectivity index (χ2v) is 6.16. The average Bonchev–Trinajstić information content (AvgIpc) is 3.05. The fourth-order valence-electron chi connectivity index (χ4n) is 2.34. The summed E-state index contributed by atoms with van der Waals surface area (Å²) in [6, 6.07) is 8.68. The molecule has 7 nitrogen and oxygen atoms in total. The SMILES string of the molecule is COc1ccc(CON2CCN(C=O)/C2=N/c2c(Cl)cccc2Cl)nc1. The summed E-state index contributed by atoms with van der Waals surface area (Å²) in [5, 5.41) is 2.30. The number of carbonyl (C=O) groups is 1. The Morgan fingerprint density at radius 1 is 1.23 bits per heavy atom. The number of aromatic nitrogens is 1. The van der Waals surface area contributed by atoms with E-state index < -0.39 is 0 Å². The number of aliphatic imine (C=N–C) groups is 1. The number of ether oxygens (including phenoxy) is 1. The molecule has 26 heavy (non-hydrogen) atoms. The van der Waals surface area contributed by atoms with Gasteiger partial charge < -0.3 is 4.74 Å². The van der Waals surface area contributed by atoms with Crippen LogP contribution in [0.25, 0.3) is 0 Å². The Morgan fingerprint density at radius 2 is 2.00 bits per heavy atom. The molecule has 1 amide bonds. The molecular weight excluding hydrogens is 379 g/mol. The van der Waals surface area contributed by atoms with Gasteiger partial charge in [-0.15, -0.1) is 0 Å². The minimum atomic E-state index is 0.214. The number of carbonyl (C=O) groups excluding carboxylic acids is 1. The molecule has 1 aromatic carbocycles. The number of nitrogens with zero attached hydrogens (tertiary/aromatic N) is 4. The van der Waals surface area contributed by atoms with Crippen molar-refractivity contribution in [2.75, 3.05) is 20.2 Å². The van der Waals surface area contributed by atoms with Gasteiger partial charge in [0.15, 0.2) is 0 Å². The lowest BCUT2D eigenvalue weighted by atomic mass is 10.3. The van der Waals surface area contributed by atoms with Crippen molar-refractivity contribution in [1.29, 1.82) is 0 Å². The fourth-order valence-corrected chi connectivity index (χ4v) is 2.82. The lowest BCUT2D eigenvalue weighted by Crippen LogP contribution is -2.32. The van der Waals surface area contributed by atoms with Crippen LogP contribution in [-0.4, -0.2) is 47.5 Å². The van der Waals surface area contributed by atoms with E-state index in [-0.39, 0.29) is 6.61 Å². The maximum atomic E-state index is 11.3. The lowest BCUT2D eigenvalue weighted by molar-refractivity contribution is -0.115. The first kappa shape index (κ1) is 18.4. The van der Waals surface area contributed by atoms with E-state index in [1.165, 1.54) is 9.96 Å². The van der Waals surface area contributed by atoms with E-state index in [4.69, 9.17) is 32.8 Å². The van der Waals surface area contributed by atoms with Gasteiger partial charge in [-0.1, -0.05) is 29.3 Å². The molecular formula is C17H16Cl2N4O3. The Hall–Kier alpha value is -2.35. The number of amides is 1. The molecule has 1 fully saturated rings. The van der Waals surface area contributed by atoms with Crippen LogP contribution in [0.3, 0.4) is 0 Å². The molecule has 0 N–H and O–H groups in total. The van der Waals surface area contributed by atoms with E-state index >= 15 is 0 Å². The van der Waals surface area contributed by atoms with Crippen LogP contribution in [0, 0.1) is 0 Å². The van der Waals surface area contributed by atoms with Crippen molar-refractivity contribution in [2.45, 2.75) is 6.61 Å². The Bertz CT molecular complexity index is 794. The minimum absolute atomic E-state index is 0.214. The van der Waals surface area contributed by atoms with Crippen molar-refractivity contribution in [3.05, 3.63) is 52.3 Å². The highest BCUT2D eigenvalue weighted by atomic mass is 35.5. The molecule has 0 spiro atoms. The van der Waals surface area contributed by atoms with Crippen LogP contribution >= 0.6 is 23.2 Å². The van der Waals surface area contributed by atoms with Gasteiger partial charge in [-0.05, 0) is 24.3 Å². The Labute approximate surface area is 160 Å². The number of methoxy groups -OCH3 is 1. The molecule has 3 rings (SSSR count). The summed E-state index contributed by atoms with van der Waals surface area (Å²) in [5.41, 5.74) is 1.10. The maximum absolute atomic E-state index is 11.3. The van der Waals surface area contributed by atoms with Crippen molar-refractivity contribution >= 4 is 41.3 Å². The first-order valence-corrected chi connectivity index (χ1v) is 8.52. The van der Waals surface area contributed by atoms with Crippen LogP contribution in [0.2, 0.25) is 10.0 Å². The van der Waals surface area contributed by atoms with Crippen molar-refractivity contribution in [3.8, 4) is 5.75 Å². The standard InChI is InChI=1S/C17H16Cl2N4O3/c1-25-13-6-5-12(20-9-13)10-26-23-8-7-22(11-24)17(23)21-16-14(18)3-2-4-15(16)19/h2-6,9,11H,7-8,10H2,1H3/b21-17-. The van der Waals surface area contributed by atoms with Gasteiger partial charge in [0.2, 0.25) is 12.4 Å². The van der Waals surface area contributed by atoms with Gasteiger partial charge in [0.1, 0.15) is 18.0 Å². The Kier molecular flexibility index (Phi) is 5.92. The topological polar surface area (TPSA) is 67.3 Å². The molecule has 0 radical (unpaired) electrons. The Balaban J connectivity index is 1.79. The second kappa shape index (κ2) is 8.35. The van der Waals surface area contributed by atoms with Gasteiger partial charge in [-0.3, -0.25) is 19.5 Å². The molecule has 0 unspecified atom stereocenters. The summed E-state index contributed by atoms with van der Waals surface area (Å²) in [4.78, 5) is 27.2. The first-order chi connectivity index (χ1) is 12.6. The van der Waals surface area contributed by atoms with Crippen molar-refractivity contribution in [2.24, 2.45) is 4.99 Å². The summed E-state index contributed by atoms with van der Waals surface area (Å²) in [7, 11) is 1.58. The molecule has 0 bridgehead atoms. The van der Waals surface area contributed by atoms with Crippen LogP contribution in [0.15, 0.2) is 41.5 Å². The fraction of sp³-hybridized carbons (Fsp3) is 0.235. The van der Waals surface area contributed by atoms with Gasteiger partial charge in [0.05, 0.1) is 35.6 Å². The number of halogens is 2. The van der Waals surface area contributed by atoms with Crippen LogP contribution in [0.4, 0.5) is 5.69 Å². The molecule has 136 valence electrons. The molecule has 1 aromatic heterocycles. The zero-order valence-corrected chi connectivity index (χ0v) is 15.4. The van der Waals surface area contributed by atoms with Crippen LogP contribution < -0.4 is 4.74 Å². The van der Waals surface area contributed by atoms with Crippen molar-refractivity contribution in [1.82, 2.24) is 14.9 Å². The van der Waals surface area contributed by atoms with E-state index in [2.05, 4.69) is 9.98 Å². The summed E-state index contributed by atoms with van der Waals surface area (Å²) >= 11 is 12.3. The average molecular weight is 395 g/mol. The van der Waals surface area contributed by atoms with Crippen LogP contribution in [0.5, 0.6) is 5.75 Å². The monoisotopic (exact) mass is 394 g/mol. The minimum Gasteiger partial charge on any atom is -0.495 e. The van der Waals surface area contributed by atoms with E-state index in [9.17, 15) is 4.79 Å². The highest BCUT2D eigenvalue weighted by molar-refractivity contribution is 6.38. The summed E-state index contributed by atoms with van der Waals surface area (Å²) in [6.45, 7) is 1.13. The van der Waals surface area contributed by atoms with Gasteiger partial charge in [-0.2, -0.15) is 0 Å². The molecule has 0 aliphatic carbocycles. The number of hydrogen-bond donors (Lipinski definition) is 0. The number of para-hydroxylation sites is 1. The van der Waals surface area contributed by atoms with Crippen LogP contribution in [-0.2, 0) is 16.2 Å². The van der Waals surface area contributed by atoms with Crippen molar-refractivity contribution < 1.29 is 14.4 Å². The molecule has 1 aliphatic heterocycles. The third-order valence-electron chi connectivity index (χ3n) is 3.70. The lowest BCUT2D eigenvalue weighted by Gasteiger charge is -2.19. The normalized spacial score (nSPS) is 15.6. The number of pyridine rings is 1. The molecule has 9 heteroatoms. The number of guanidine groups is 1. The smallest absolute Gasteiger partial charge is 0.233 e. The first-order valence-electron chi connectivity index (χ1n) is 7.76. The van der Waals surface area contributed by atoms with Crippen molar-refractivity contribution in [3.63, 3.8) is 0 Å². The Morgan fingerprint density at radius 3 is 2.62 bits per heavy atom. The van der Waals surface area contributed by atoms with E-state index in [1.54, 1.807) is 43.6 Å². The number of benzene rings is 1. The molecule has 0 atom stereocenters. The molecule has 1 saturated heterocycles. The molecule has 0 saturated carbocycles. The van der Waals surface area contributed by atoms with Gasteiger partial charge >= 0.3 is 0 Å². The number of hydrogen-bond acceptors (Lipinski definition) is 5. The quantitative estimate of drug-likeness (QED) is 0.703. The predicted octanol–water partition coefficient (Wildman–Crippen LogP) is 3.29. The summed E-state index contributed by atoms with van der Waals surface area (Å²) < 4.78 is 5.08. The molecule has 1 aliphatic rings. The second-order valence-electron chi connectivity index (χ2n) is 5.35. The summed E-state index contributed by atoms with van der Waals surface area (Å²) in [5.74, 6) is 0.987. The molecule has 2 heterocycles.